The number of carbonyl (C=O) groups excluding carboxylic acids is 4. The van der Waals surface area contributed by atoms with Crippen LogP contribution in [0.15, 0.2) is 0 Å². The van der Waals surface area contributed by atoms with Crippen molar-refractivity contribution >= 4 is 71.0 Å². The van der Waals surface area contributed by atoms with Crippen molar-refractivity contribution in [1.29, 1.82) is 0 Å². The molecule has 1 radical (unpaired) electrons. The number of rotatable bonds is 6. The van der Waals surface area contributed by atoms with Crippen molar-refractivity contribution in [3.8, 4) is 0 Å². The Labute approximate surface area is 147 Å². The van der Waals surface area contributed by atoms with Crippen molar-refractivity contribution in [3.63, 3.8) is 0 Å². The van der Waals surface area contributed by atoms with E-state index in [0.717, 1.165) is 0 Å². The second-order valence-corrected chi connectivity index (χ2v) is 4.78. The van der Waals surface area contributed by atoms with Gasteiger partial charge in [-0.1, -0.05) is 0 Å². The summed E-state index contributed by atoms with van der Waals surface area (Å²) in [5, 5.41) is 14.7. The molecule has 0 spiro atoms. The number of aliphatic hydroxyl groups is 2. The van der Waals surface area contributed by atoms with Crippen LogP contribution in [0.2, 0.25) is 0 Å². The molecule has 0 rings (SSSR count). The molecule has 0 fully saturated rings. The van der Waals surface area contributed by atoms with E-state index in [1.54, 1.807) is 0 Å². The maximum atomic E-state index is 10.1. The molecule has 11 heteroatoms. The van der Waals surface area contributed by atoms with Crippen LogP contribution in [0, 0.1) is 0 Å². The second kappa shape index (κ2) is 13.7. The molecule has 19 heavy (non-hydrogen) atoms. The summed E-state index contributed by atoms with van der Waals surface area (Å²) >= 11 is 13.3. The third-order valence-corrected chi connectivity index (χ3v) is 2.27. The zero-order valence-electron chi connectivity index (χ0n) is 9.19. The summed E-state index contributed by atoms with van der Waals surface area (Å²) in [5.74, 6) is 0. The second-order valence-electron chi connectivity index (χ2n) is 2.90. The van der Waals surface area contributed by atoms with Crippen molar-refractivity contribution in [2.75, 3.05) is 0 Å². The molecule has 115 valence electrons. The third-order valence-electron chi connectivity index (χ3n) is 1.31. The quantitative estimate of drug-likeness (QED) is 0.201. The van der Waals surface area contributed by atoms with Crippen molar-refractivity contribution in [2.24, 2.45) is 0 Å². The van der Waals surface area contributed by atoms with Gasteiger partial charge >= 0.3 is 0 Å². The van der Waals surface area contributed by atoms with E-state index in [2.05, 4.69) is 50.5 Å². The average molecular weight is 529 g/mol. The minimum Gasteiger partial charge on any atom is -0.384 e. The Bertz CT molecular complexity index is 305. The van der Waals surface area contributed by atoms with Gasteiger partial charge in [0.2, 0.25) is 10.2 Å². The molecule has 0 aliphatic carbocycles. The van der Waals surface area contributed by atoms with E-state index in [-0.39, 0.29) is 35.2 Å². The Balaban J connectivity index is -0.000000256. The van der Waals surface area contributed by atoms with E-state index in [1.807, 2.05) is 0 Å². The minimum absolute atomic E-state index is 0. The normalized spacial score (nSPS) is 12.1. The van der Waals surface area contributed by atoms with Crippen LogP contribution in [-0.2, 0) is 41.6 Å². The summed E-state index contributed by atoms with van der Waals surface area (Å²) in [5.41, 5.74) is 0. The molecule has 0 aromatic carbocycles. The predicted octanol–water partition coefficient (Wildman–Crippen LogP) is -0.702. The van der Waals surface area contributed by atoms with Gasteiger partial charge in [0, 0.05) is 22.4 Å². The monoisotopic (exact) mass is 529 g/mol. The smallest absolute Gasteiger partial charge is 0.214 e. The molecular weight excluding hydrogens is 517 g/mol. The summed E-state index contributed by atoms with van der Waals surface area (Å²) in [7, 11) is 0. The van der Waals surface area contributed by atoms with Crippen molar-refractivity contribution in [3.05, 3.63) is 0 Å². The Kier molecular flexibility index (Phi) is 17.9. The summed E-state index contributed by atoms with van der Waals surface area (Å²) in [6.45, 7) is 0. The number of carbonyl (C=O) groups is 4. The molecule has 0 amide bonds. The average Bonchev–Trinajstić information content (AvgIpc) is 2.16. The van der Waals surface area contributed by atoms with Crippen LogP contribution in [0.1, 0.15) is 12.8 Å². The summed E-state index contributed by atoms with van der Waals surface area (Å²) < 4.78 is 0. The Morgan fingerprint density at radius 2 is 0.947 bits per heavy atom. The molecule has 2 unspecified atom stereocenters. The van der Waals surface area contributed by atoms with E-state index >= 15 is 0 Å². The van der Waals surface area contributed by atoms with Gasteiger partial charge in [-0.15, -0.1) is 50.5 Å². The van der Waals surface area contributed by atoms with E-state index in [4.69, 9.17) is 10.2 Å². The molecule has 0 saturated heterocycles. The van der Waals surface area contributed by atoms with Crippen molar-refractivity contribution in [1.82, 2.24) is 0 Å². The fourth-order valence-electron chi connectivity index (χ4n) is 0.505. The van der Waals surface area contributed by atoms with E-state index in [1.165, 1.54) is 0 Å². The number of thiol groups is 4. The number of aliphatic hydroxyl groups excluding tert-OH is 2. The molecule has 0 aliphatic heterocycles. The molecule has 2 N–H and O–H groups in total. The van der Waals surface area contributed by atoms with Crippen molar-refractivity contribution in [2.45, 2.75) is 25.0 Å². The molecule has 6 nitrogen and oxygen atoms in total. The maximum absolute atomic E-state index is 10.1. The summed E-state index contributed by atoms with van der Waals surface area (Å²) in [6, 6.07) is 0. The van der Waals surface area contributed by atoms with Gasteiger partial charge in [-0.05, 0) is 0 Å². The Morgan fingerprint density at radius 3 is 1.00 bits per heavy atom. The van der Waals surface area contributed by atoms with Gasteiger partial charge in [-0.25, -0.2) is 0 Å². The largest absolute Gasteiger partial charge is 0.384 e. The third kappa shape index (κ3) is 18.7. The molecule has 0 saturated carbocycles. The molecule has 0 bridgehead atoms. The minimum atomic E-state index is -1.31. The SMILES string of the molecule is O=C(S)CC(O)C(=O)S.O=C(S)CC(O)C(=O)S.[Au]. The molecule has 0 aliphatic rings. The number of hydrogen-bond donors (Lipinski definition) is 6. The van der Waals surface area contributed by atoms with Crippen molar-refractivity contribution < 1.29 is 51.8 Å². The van der Waals surface area contributed by atoms with Gasteiger partial charge < -0.3 is 10.2 Å². The first-order valence-electron chi connectivity index (χ1n) is 4.33. The Hall–Kier alpha value is 0.740. The van der Waals surface area contributed by atoms with Crippen LogP contribution in [-0.4, -0.2) is 42.9 Å². The maximum Gasteiger partial charge on any atom is 0.214 e. The fourth-order valence-corrected chi connectivity index (χ4v) is 1.03. The zero-order valence-corrected chi connectivity index (χ0v) is 14.9. The van der Waals surface area contributed by atoms with Crippen LogP contribution < -0.4 is 0 Å². The first kappa shape index (κ1) is 24.7. The van der Waals surface area contributed by atoms with Gasteiger partial charge in [-0.3, -0.25) is 19.2 Å². The molecule has 0 aromatic heterocycles. The standard InChI is InChI=1S/2C4H6O3S2.Au/c2*5-2(4(7)9)1-3(6)8;/h2*2,5H,1H2,(H,6,8)(H,7,9);. The van der Waals surface area contributed by atoms with Crippen LogP contribution in [0.5, 0.6) is 0 Å². The predicted molar refractivity (Wildman–Crippen MR) is 77.2 cm³/mol. The summed E-state index contributed by atoms with van der Waals surface area (Å²) in [6.07, 6.45) is -3.16. The van der Waals surface area contributed by atoms with E-state index in [9.17, 15) is 19.2 Å². The topological polar surface area (TPSA) is 109 Å². The van der Waals surface area contributed by atoms with Gasteiger partial charge in [0.1, 0.15) is 12.2 Å². The van der Waals surface area contributed by atoms with Gasteiger partial charge in [0.25, 0.3) is 0 Å². The van der Waals surface area contributed by atoms with E-state index < -0.39 is 32.7 Å². The van der Waals surface area contributed by atoms with Gasteiger partial charge in [0.15, 0.2) is 10.2 Å². The summed E-state index contributed by atoms with van der Waals surface area (Å²) in [4.78, 5) is 40.4. The molecule has 0 heterocycles. The number of hydrogen-bond acceptors (Lipinski definition) is 6. The van der Waals surface area contributed by atoms with E-state index in [0.29, 0.717) is 0 Å². The first-order valence-corrected chi connectivity index (χ1v) is 6.12. The Morgan fingerprint density at radius 1 is 0.737 bits per heavy atom. The van der Waals surface area contributed by atoms with Crippen LogP contribution >= 0.6 is 50.5 Å². The van der Waals surface area contributed by atoms with Crippen LogP contribution in [0.3, 0.4) is 0 Å². The van der Waals surface area contributed by atoms with Crippen LogP contribution in [0.4, 0.5) is 0 Å². The molecular formula is C8H12AuO6S4. The van der Waals surface area contributed by atoms with Gasteiger partial charge in [0.05, 0.1) is 12.8 Å². The van der Waals surface area contributed by atoms with Crippen LogP contribution in [0.25, 0.3) is 0 Å². The first-order chi connectivity index (χ1) is 8.07. The zero-order chi connectivity index (χ0) is 14.9. The molecule has 0 aromatic rings. The van der Waals surface area contributed by atoms with Gasteiger partial charge in [-0.2, -0.15) is 0 Å². The molecule has 2 atom stereocenters. The fraction of sp³-hybridized carbons (Fsp3) is 0.500.